The summed E-state index contributed by atoms with van der Waals surface area (Å²) < 4.78 is 18.1. The average Bonchev–Trinajstić information content (AvgIpc) is 3.98. The molecular formula is C54H36IrN3O3. The number of fused-ring (bicyclic) bond motifs is 9. The van der Waals surface area contributed by atoms with Gasteiger partial charge in [0.25, 0.3) is 0 Å². The van der Waals surface area contributed by atoms with E-state index in [-0.39, 0.29) is 20.1 Å². The van der Waals surface area contributed by atoms with Crippen LogP contribution in [0.2, 0.25) is 0 Å². The largest absolute Gasteiger partial charge is 3.00 e. The Hall–Kier alpha value is -7.18. The van der Waals surface area contributed by atoms with Crippen molar-refractivity contribution in [1.29, 1.82) is 0 Å². The summed E-state index contributed by atoms with van der Waals surface area (Å²) in [5.74, 6) is 0. The van der Waals surface area contributed by atoms with Crippen LogP contribution in [0.5, 0.6) is 0 Å². The predicted octanol–water partition coefficient (Wildman–Crippen LogP) is 14.3. The number of para-hydroxylation sites is 3. The van der Waals surface area contributed by atoms with E-state index in [4.69, 9.17) is 13.3 Å². The molecule has 0 saturated carbocycles. The van der Waals surface area contributed by atoms with E-state index in [1.807, 2.05) is 130 Å². The van der Waals surface area contributed by atoms with Crippen molar-refractivity contribution in [3.05, 3.63) is 199 Å². The zero-order chi connectivity index (χ0) is 40.6. The number of hydrogen-bond donors (Lipinski definition) is 0. The summed E-state index contributed by atoms with van der Waals surface area (Å²) in [5.41, 5.74) is 14.0. The van der Waals surface area contributed by atoms with E-state index in [9.17, 15) is 0 Å². The van der Waals surface area contributed by atoms with Gasteiger partial charge in [0.05, 0.1) is 16.7 Å². The van der Waals surface area contributed by atoms with Gasteiger partial charge in [0, 0.05) is 34.7 Å². The standard InChI is InChI=1S/3C18H12NO.Ir/c3*1-12-10-14-13-6-2-3-8-17(13)20-18(14)15(11-12)16-7-4-5-9-19-16;/h3*2-10H,1H3;/q3*-1;+3. The van der Waals surface area contributed by atoms with Crippen LogP contribution in [-0.4, -0.2) is 15.0 Å². The van der Waals surface area contributed by atoms with Gasteiger partial charge in [-0.1, -0.05) is 145 Å². The van der Waals surface area contributed by atoms with Gasteiger partial charge in [0.15, 0.2) is 0 Å². The van der Waals surface area contributed by atoms with Gasteiger partial charge in [-0.25, -0.2) is 0 Å². The smallest absolute Gasteiger partial charge is 0.501 e. The monoisotopic (exact) mass is 967 g/mol. The van der Waals surface area contributed by atoms with Crippen LogP contribution >= 0.6 is 0 Å². The molecule has 0 atom stereocenters. The maximum Gasteiger partial charge on any atom is 3.00 e. The van der Waals surface area contributed by atoms with Crippen molar-refractivity contribution in [2.75, 3.05) is 0 Å². The molecule has 0 unspecified atom stereocenters. The molecule has 0 aliphatic heterocycles. The number of aromatic nitrogens is 3. The Bertz CT molecular complexity index is 3100. The molecule has 61 heavy (non-hydrogen) atoms. The van der Waals surface area contributed by atoms with E-state index in [0.29, 0.717) is 0 Å². The van der Waals surface area contributed by atoms with Gasteiger partial charge in [0.2, 0.25) is 0 Å². The summed E-state index contributed by atoms with van der Waals surface area (Å²) in [6, 6.07) is 58.4. The molecule has 294 valence electrons. The summed E-state index contributed by atoms with van der Waals surface area (Å²) in [4.78, 5) is 13.3. The van der Waals surface area contributed by atoms with Crippen molar-refractivity contribution in [2.24, 2.45) is 0 Å². The zero-order valence-corrected chi connectivity index (χ0v) is 35.9. The van der Waals surface area contributed by atoms with Crippen LogP contribution < -0.4 is 0 Å². The third kappa shape index (κ3) is 7.62. The summed E-state index contributed by atoms with van der Waals surface area (Å²) in [6.07, 6.45) is 5.37. The Morgan fingerprint density at radius 2 is 0.623 bits per heavy atom. The number of hydrogen-bond acceptors (Lipinski definition) is 6. The Morgan fingerprint density at radius 1 is 0.344 bits per heavy atom. The molecule has 0 bridgehead atoms. The van der Waals surface area contributed by atoms with E-state index in [2.05, 4.69) is 69.5 Å². The molecule has 12 rings (SSSR count). The molecule has 0 fully saturated rings. The van der Waals surface area contributed by atoms with Crippen LogP contribution in [0, 0.1) is 39.0 Å². The molecule has 6 nitrogen and oxygen atoms in total. The van der Waals surface area contributed by atoms with E-state index in [0.717, 1.165) is 116 Å². The molecule has 0 aliphatic carbocycles. The second-order valence-electron chi connectivity index (χ2n) is 14.7. The molecule has 0 saturated heterocycles. The molecule has 6 heterocycles. The van der Waals surface area contributed by atoms with Crippen LogP contribution in [0.1, 0.15) is 16.7 Å². The summed E-state index contributed by atoms with van der Waals surface area (Å²) >= 11 is 0. The predicted molar refractivity (Wildman–Crippen MR) is 242 cm³/mol. The fourth-order valence-electron chi connectivity index (χ4n) is 7.78. The molecule has 6 aromatic carbocycles. The maximum atomic E-state index is 6.02. The minimum Gasteiger partial charge on any atom is -0.501 e. The van der Waals surface area contributed by atoms with Crippen LogP contribution in [0.15, 0.2) is 177 Å². The quantitative estimate of drug-likeness (QED) is 0.164. The van der Waals surface area contributed by atoms with Gasteiger partial charge in [-0.05, 0) is 53.5 Å². The number of pyridine rings is 3. The average molecular weight is 967 g/mol. The Morgan fingerprint density at radius 3 is 0.902 bits per heavy atom. The first-order chi connectivity index (χ1) is 29.5. The number of benzene rings is 6. The first-order valence-corrected chi connectivity index (χ1v) is 19.8. The third-order valence-corrected chi connectivity index (χ3v) is 10.4. The molecule has 7 heteroatoms. The van der Waals surface area contributed by atoms with Crippen LogP contribution in [0.4, 0.5) is 0 Å². The number of rotatable bonds is 3. The van der Waals surface area contributed by atoms with Gasteiger partial charge >= 0.3 is 20.1 Å². The molecule has 0 aliphatic rings. The maximum absolute atomic E-state index is 6.02. The minimum absolute atomic E-state index is 0. The van der Waals surface area contributed by atoms with Gasteiger partial charge in [-0.3, -0.25) is 0 Å². The fraction of sp³-hybridized carbons (Fsp3) is 0.0556. The van der Waals surface area contributed by atoms with Crippen molar-refractivity contribution < 1.29 is 33.4 Å². The molecule has 12 aromatic rings. The molecule has 0 spiro atoms. The second kappa shape index (κ2) is 16.8. The SMILES string of the molecule is Cc1[c-]c(-c2ccccn2)c2oc3ccccc3c2c1.Cc1[c-]c(-c2ccccn2)c2oc3ccccc3c2c1.Cc1[c-]c(-c2ccccn2)c2oc3ccccc3c2c1.[Ir+3]. The normalized spacial score (nSPS) is 11.1. The zero-order valence-electron chi connectivity index (χ0n) is 33.5. The Labute approximate surface area is 365 Å². The van der Waals surface area contributed by atoms with Crippen molar-refractivity contribution in [2.45, 2.75) is 20.8 Å². The molecule has 0 N–H and O–H groups in total. The second-order valence-corrected chi connectivity index (χ2v) is 14.7. The van der Waals surface area contributed by atoms with E-state index < -0.39 is 0 Å². The first-order valence-electron chi connectivity index (χ1n) is 19.8. The van der Waals surface area contributed by atoms with Gasteiger partial charge in [0.1, 0.15) is 16.7 Å². The summed E-state index contributed by atoms with van der Waals surface area (Å²) in [5, 5.41) is 6.78. The topological polar surface area (TPSA) is 78.1 Å². The minimum atomic E-state index is 0. The Kier molecular flexibility index (Phi) is 10.8. The van der Waals surface area contributed by atoms with Crippen LogP contribution in [0.3, 0.4) is 0 Å². The molecular weight excluding hydrogens is 931 g/mol. The van der Waals surface area contributed by atoms with E-state index >= 15 is 0 Å². The van der Waals surface area contributed by atoms with Crippen LogP contribution in [-0.2, 0) is 20.1 Å². The molecule has 0 amide bonds. The fourth-order valence-corrected chi connectivity index (χ4v) is 7.78. The van der Waals surface area contributed by atoms with E-state index in [1.54, 1.807) is 18.6 Å². The van der Waals surface area contributed by atoms with Gasteiger partial charge < -0.3 is 28.2 Å². The van der Waals surface area contributed by atoms with Crippen LogP contribution in [0.25, 0.3) is 99.6 Å². The van der Waals surface area contributed by atoms with Gasteiger partial charge in [-0.15, -0.1) is 53.1 Å². The van der Waals surface area contributed by atoms with E-state index in [1.165, 1.54) is 0 Å². The molecule has 6 aromatic heterocycles. The summed E-state index contributed by atoms with van der Waals surface area (Å²) in [7, 11) is 0. The van der Waals surface area contributed by atoms with Crippen molar-refractivity contribution in [3.63, 3.8) is 0 Å². The van der Waals surface area contributed by atoms with Crippen molar-refractivity contribution in [3.8, 4) is 33.8 Å². The third-order valence-electron chi connectivity index (χ3n) is 10.4. The molecule has 0 radical (unpaired) electrons. The number of aryl methyl sites for hydroxylation is 3. The number of furan rings is 3. The first kappa shape index (κ1) is 39.3. The van der Waals surface area contributed by atoms with Crippen molar-refractivity contribution in [1.82, 2.24) is 15.0 Å². The summed E-state index contributed by atoms with van der Waals surface area (Å²) in [6.45, 7) is 6.15. The number of nitrogens with zero attached hydrogens (tertiary/aromatic N) is 3. The van der Waals surface area contributed by atoms with Crippen molar-refractivity contribution >= 4 is 65.8 Å². The van der Waals surface area contributed by atoms with Gasteiger partial charge in [-0.2, -0.15) is 0 Å². The Balaban J connectivity index is 0.000000116.